The molecule has 2 fully saturated rings. The van der Waals surface area contributed by atoms with Gasteiger partial charge >= 0.3 is 6.03 Å². The van der Waals surface area contributed by atoms with Crippen molar-refractivity contribution in [2.45, 2.75) is 38.7 Å². The van der Waals surface area contributed by atoms with Gasteiger partial charge in [-0.05, 0) is 19.3 Å². The zero-order chi connectivity index (χ0) is 14.4. The van der Waals surface area contributed by atoms with Gasteiger partial charge in [-0.2, -0.15) is 0 Å². The smallest absolute Gasteiger partial charge is 0.317 e. The summed E-state index contributed by atoms with van der Waals surface area (Å²) in [5.41, 5.74) is 0. The minimum Gasteiger partial charge on any atom is -0.368 e. The topological polar surface area (TPSA) is 61.9 Å². The Labute approximate surface area is 120 Å². The van der Waals surface area contributed by atoms with Crippen molar-refractivity contribution >= 4 is 11.9 Å². The molecular weight excluding hydrogens is 258 g/mol. The van der Waals surface area contributed by atoms with Crippen LogP contribution in [0, 0.1) is 0 Å². The van der Waals surface area contributed by atoms with Crippen LogP contribution in [0.2, 0.25) is 0 Å². The largest absolute Gasteiger partial charge is 0.368 e. The second-order valence-electron chi connectivity index (χ2n) is 5.40. The highest BCUT2D eigenvalue weighted by atomic mass is 16.5. The maximum absolute atomic E-state index is 12.2. The third kappa shape index (κ3) is 3.85. The van der Waals surface area contributed by atoms with Gasteiger partial charge in [-0.15, -0.1) is 0 Å². The van der Waals surface area contributed by atoms with E-state index in [0.717, 1.165) is 32.2 Å². The van der Waals surface area contributed by atoms with Gasteiger partial charge in [0.05, 0.1) is 0 Å². The van der Waals surface area contributed by atoms with E-state index in [1.807, 2.05) is 4.90 Å². The van der Waals surface area contributed by atoms with Gasteiger partial charge in [0.1, 0.15) is 6.10 Å². The van der Waals surface area contributed by atoms with Crippen molar-refractivity contribution in [3.8, 4) is 0 Å². The predicted octanol–water partition coefficient (Wildman–Crippen LogP) is 0.819. The molecule has 6 heteroatoms. The Hall–Kier alpha value is -1.30. The summed E-state index contributed by atoms with van der Waals surface area (Å²) >= 11 is 0. The molecule has 2 rings (SSSR count). The average Bonchev–Trinajstić information content (AvgIpc) is 3.01. The number of ether oxygens (including phenoxy) is 1. The number of carbonyl (C=O) groups excluding carboxylic acids is 2. The summed E-state index contributed by atoms with van der Waals surface area (Å²) in [5, 5.41) is 2.91. The molecule has 0 radical (unpaired) electrons. The molecule has 3 amide bonds. The summed E-state index contributed by atoms with van der Waals surface area (Å²) in [7, 11) is 0. The first-order chi connectivity index (χ1) is 9.72. The summed E-state index contributed by atoms with van der Waals surface area (Å²) in [5.74, 6) is 0.0912. The number of rotatable bonds is 4. The quantitative estimate of drug-likeness (QED) is 0.777. The van der Waals surface area contributed by atoms with E-state index < -0.39 is 0 Å². The van der Waals surface area contributed by atoms with Gasteiger partial charge < -0.3 is 19.9 Å². The lowest BCUT2D eigenvalue weighted by Gasteiger charge is -2.35. The molecule has 0 spiro atoms. The minimum atomic E-state index is -0.250. The highest BCUT2D eigenvalue weighted by Gasteiger charge is 2.31. The standard InChI is InChI=1S/C14H25N3O3/c1-2-3-6-15-14(19)17-9-7-16(8-10-17)13(18)12-5-4-11-20-12/h12H,2-11H2,1H3,(H,15,19)/t12-/m0/s1. The number of nitrogens with one attached hydrogen (secondary N) is 1. The third-order valence-electron chi connectivity index (χ3n) is 3.89. The SMILES string of the molecule is CCCCNC(=O)N1CCN(C(=O)[C@@H]2CCCO2)CC1. The lowest BCUT2D eigenvalue weighted by Crippen LogP contribution is -2.54. The van der Waals surface area contributed by atoms with Crippen LogP contribution in [0.3, 0.4) is 0 Å². The van der Waals surface area contributed by atoms with Crippen molar-refractivity contribution in [3.63, 3.8) is 0 Å². The van der Waals surface area contributed by atoms with Gasteiger partial charge in [0.2, 0.25) is 0 Å². The molecule has 2 heterocycles. The van der Waals surface area contributed by atoms with Crippen molar-refractivity contribution in [2.24, 2.45) is 0 Å². The number of urea groups is 1. The summed E-state index contributed by atoms with van der Waals surface area (Å²) in [6.07, 6.45) is 3.62. The first-order valence-electron chi connectivity index (χ1n) is 7.65. The van der Waals surface area contributed by atoms with E-state index in [2.05, 4.69) is 12.2 Å². The predicted molar refractivity (Wildman–Crippen MR) is 75.4 cm³/mol. The van der Waals surface area contributed by atoms with Crippen LogP contribution in [-0.2, 0) is 9.53 Å². The van der Waals surface area contributed by atoms with Crippen LogP contribution in [0.5, 0.6) is 0 Å². The van der Waals surface area contributed by atoms with Gasteiger partial charge in [0.25, 0.3) is 5.91 Å². The second kappa shape index (κ2) is 7.47. The number of piperazine rings is 1. The Morgan fingerprint density at radius 1 is 1.20 bits per heavy atom. The molecule has 0 aliphatic carbocycles. The second-order valence-corrected chi connectivity index (χ2v) is 5.40. The van der Waals surface area contributed by atoms with Crippen molar-refractivity contribution in [1.29, 1.82) is 0 Å². The summed E-state index contributed by atoms with van der Waals surface area (Å²) < 4.78 is 5.42. The molecule has 6 nitrogen and oxygen atoms in total. The number of unbranched alkanes of at least 4 members (excludes halogenated alkanes) is 1. The maximum Gasteiger partial charge on any atom is 0.317 e. The third-order valence-corrected chi connectivity index (χ3v) is 3.89. The summed E-state index contributed by atoms with van der Waals surface area (Å²) in [6, 6.07) is -0.0114. The molecule has 1 N–H and O–H groups in total. The van der Waals surface area contributed by atoms with Gasteiger partial charge in [-0.3, -0.25) is 4.79 Å². The number of carbonyl (C=O) groups is 2. The number of hydrogen-bond donors (Lipinski definition) is 1. The van der Waals surface area contributed by atoms with E-state index in [9.17, 15) is 9.59 Å². The molecule has 0 unspecified atom stereocenters. The zero-order valence-corrected chi connectivity index (χ0v) is 12.3. The zero-order valence-electron chi connectivity index (χ0n) is 12.3. The molecule has 0 aromatic rings. The average molecular weight is 283 g/mol. The molecule has 0 aromatic carbocycles. The Balaban J connectivity index is 1.71. The van der Waals surface area contributed by atoms with Crippen molar-refractivity contribution in [3.05, 3.63) is 0 Å². The highest BCUT2D eigenvalue weighted by molar-refractivity contribution is 5.81. The first kappa shape index (κ1) is 15.1. The lowest BCUT2D eigenvalue weighted by molar-refractivity contribution is -0.142. The lowest BCUT2D eigenvalue weighted by atomic mass is 10.2. The fourth-order valence-corrected chi connectivity index (χ4v) is 2.59. The molecule has 0 bridgehead atoms. The molecule has 1 atom stereocenters. The normalized spacial score (nSPS) is 22.9. The Bertz CT molecular complexity index is 335. The van der Waals surface area contributed by atoms with E-state index in [0.29, 0.717) is 32.8 Å². The molecule has 114 valence electrons. The van der Waals surface area contributed by atoms with Crippen molar-refractivity contribution < 1.29 is 14.3 Å². The number of hydrogen-bond acceptors (Lipinski definition) is 3. The maximum atomic E-state index is 12.2. The van der Waals surface area contributed by atoms with Crippen molar-refractivity contribution in [1.82, 2.24) is 15.1 Å². The Morgan fingerprint density at radius 3 is 2.50 bits per heavy atom. The molecule has 2 aliphatic rings. The van der Waals surface area contributed by atoms with Gasteiger partial charge in [0, 0.05) is 39.3 Å². The van der Waals surface area contributed by atoms with Crippen molar-refractivity contribution in [2.75, 3.05) is 39.3 Å². The van der Waals surface area contributed by atoms with E-state index in [4.69, 9.17) is 4.74 Å². The highest BCUT2D eigenvalue weighted by Crippen LogP contribution is 2.15. The van der Waals surface area contributed by atoms with Crippen LogP contribution in [0.15, 0.2) is 0 Å². The molecule has 2 saturated heterocycles. The van der Waals surface area contributed by atoms with Crippen LogP contribution in [0.1, 0.15) is 32.6 Å². The van der Waals surface area contributed by atoms with Crippen LogP contribution < -0.4 is 5.32 Å². The van der Waals surface area contributed by atoms with E-state index >= 15 is 0 Å². The fourth-order valence-electron chi connectivity index (χ4n) is 2.59. The van der Waals surface area contributed by atoms with Crippen LogP contribution in [-0.4, -0.2) is 67.2 Å². The molecule has 0 aromatic heterocycles. The first-order valence-corrected chi connectivity index (χ1v) is 7.65. The molecule has 0 saturated carbocycles. The van der Waals surface area contributed by atoms with Gasteiger partial charge in [-0.1, -0.05) is 13.3 Å². The van der Waals surface area contributed by atoms with E-state index in [-0.39, 0.29) is 18.0 Å². The van der Waals surface area contributed by atoms with E-state index in [1.165, 1.54) is 0 Å². The fraction of sp³-hybridized carbons (Fsp3) is 0.857. The summed E-state index contributed by atoms with van der Waals surface area (Å²) in [4.78, 5) is 27.7. The molecular formula is C14H25N3O3. The summed E-state index contributed by atoms with van der Waals surface area (Å²) in [6.45, 7) is 5.95. The van der Waals surface area contributed by atoms with Crippen LogP contribution >= 0.6 is 0 Å². The Kier molecular flexibility index (Phi) is 5.64. The van der Waals surface area contributed by atoms with Gasteiger partial charge in [-0.25, -0.2) is 4.79 Å². The van der Waals surface area contributed by atoms with E-state index in [1.54, 1.807) is 4.90 Å². The number of nitrogens with zero attached hydrogens (tertiary/aromatic N) is 2. The van der Waals surface area contributed by atoms with Crippen LogP contribution in [0.4, 0.5) is 4.79 Å². The molecule has 2 aliphatic heterocycles. The van der Waals surface area contributed by atoms with Crippen LogP contribution in [0.25, 0.3) is 0 Å². The number of amides is 3. The molecule has 20 heavy (non-hydrogen) atoms. The minimum absolute atomic E-state index is 0.0114. The monoisotopic (exact) mass is 283 g/mol. The van der Waals surface area contributed by atoms with Gasteiger partial charge in [0.15, 0.2) is 0 Å². The Morgan fingerprint density at radius 2 is 1.90 bits per heavy atom.